The SMILES string of the molecule is Cl.N[C@@H](c1cccc(F)c1Br)C1CCOCC1. The summed E-state index contributed by atoms with van der Waals surface area (Å²) in [6.45, 7) is 1.51. The molecule has 1 fully saturated rings. The van der Waals surface area contributed by atoms with Crippen molar-refractivity contribution in [2.75, 3.05) is 13.2 Å². The summed E-state index contributed by atoms with van der Waals surface area (Å²) in [6.07, 6.45) is 1.90. The average molecular weight is 325 g/mol. The van der Waals surface area contributed by atoms with Crippen LogP contribution in [0.2, 0.25) is 0 Å². The van der Waals surface area contributed by atoms with Gasteiger partial charge in [0.2, 0.25) is 0 Å². The Morgan fingerprint density at radius 2 is 2.00 bits per heavy atom. The summed E-state index contributed by atoms with van der Waals surface area (Å²) in [7, 11) is 0. The molecule has 2 rings (SSSR count). The number of hydrogen-bond donors (Lipinski definition) is 1. The van der Waals surface area contributed by atoms with Crippen LogP contribution in [0.1, 0.15) is 24.4 Å². The third-order valence-electron chi connectivity index (χ3n) is 3.11. The number of halogens is 3. The Morgan fingerprint density at radius 3 is 2.65 bits per heavy atom. The molecule has 0 radical (unpaired) electrons. The highest BCUT2D eigenvalue weighted by molar-refractivity contribution is 9.10. The monoisotopic (exact) mass is 323 g/mol. The Labute approximate surface area is 115 Å². The van der Waals surface area contributed by atoms with E-state index in [9.17, 15) is 4.39 Å². The number of rotatable bonds is 2. The first-order valence-corrected chi connectivity index (χ1v) is 6.26. The standard InChI is InChI=1S/C12H15BrFNO.ClH/c13-11-9(2-1-3-10(11)14)12(15)8-4-6-16-7-5-8;/h1-3,8,12H,4-7,15H2;1H/t12-;/m1./s1. The van der Waals surface area contributed by atoms with Gasteiger partial charge < -0.3 is 10.5 Å². The van der Waals surface area contributed by atoms with E-state index in [1.807, 2.05) is 6.07 Å². The number of benzene rings is 1. The van der Waals surface area contributed by atoms with E-state index < -0.39 is 0 Å². The van der Waals surface area contributed by atoms with Gasteiger partial charge in [-0.2, -0.15) is 0 Å². The zero-order valence-electron chi connectivity index (χ0n) is 9.36. The minimum atomic E-state index is -0.250. The van der Waals surface area contributed by atoms with Gasteiger partial charge in [-0.15, -0.1) is 12.4 Å². The van der Waals surface area contributed by atoms with E-state index in [1.54, 1.807) is 6.07 Å². The summed E-state index contributed by atoms with van der Waals surface area (Å²) in [5, 5.41) is 0. The van der Waals surface area contributed by atoms with Crippen molar-refractivity contribution >= 4 is 28.3 Å². The quantitative estimate of drug-likeness (QED) is 0.904. The van der Waals surface area contributed by atoms with Crippen LogP contribution in [-0.4, -0.2) is 13.2 Å². The largest absolute Gasteiger partial charge is 0.381 e. The Bertz CT molecular complexity index is 372. The number of nitrogens with two attached hydrogens (primary N) is 1. The maximum absolute atomic E-state index is 13.4. The molecule has 1 heterocycles. The molecular formula is C12H16BrClFNO. The predicted octanol–water partition coefficient (Wildman–Crippen LogP) is 3.44. The molecule has 1 aromatic carbocycles. The first-order valence-electron chi connectivity index (χ1n) is 5.47. The van der Waals surface area contributed by atoms with Gasteiger partial charge in [-0.3, -0.25) is 0 Å². The van der Waals surface area contributed by atoms with Crippen LogP contribution in [0.4, 0.5) is 4.39 Å². The van der Waals surface area contributed by atoms with E-state index in [0.29, 0.717) is 10.4 Å². The predicted molar refractivity (Wildman–Crippen MR) is 71.8 cm³/mol. The minimum absolute atomic E-state index is 0. The Kier molecular flexibility index (Phi) is 5.86. The zero-order chi connectivity index (χ0) is 11.5. The fourth-order valence-electron chi connectivity index (χ4n) is 2.11. The van der Waals surface area contributed by atoms with Crippen molar-refractivity contribution < 1.29 is 9.13 Å². The van der Waals surface area contributed by atoms with Gasteiger partial charge in [-0.05, 0) is 46.3 Å². The highest BCUT2D eigenvalue weighted by atomic mass is 79.9. The molecule has 0 aromatic heterocycles. The summed E-state index contributed by atoms with van der Waals surface area (Å²) in [4.78, 5) is 0. The van der Waals surface area contributed by atoms with Gasteiger partial charge in [0.1, 0.15) is 5.82 Å². The Morgan fingerprint density at radius 1 is 1.35 bits per heavy atom. The van der Waals surface area contributed by atoms with Crippen LogP contribution in [-0.2, 0) is 4.74 Å². The summed E-state index contributed by atoms with van der Waals surface area (Å²) in [5.41, 5.74) is 7.04. The van der Waals surface area contributed by atoms with Crippen molar-refractivity contribution in [2.45, 2.75) is 18.9 Å². The molecule has 1 aliphatic rings. The molecule has 1 aromatic rings. The molecule has 0 unspecified atom stereocenters. The molecule has 2 N–H and O–H groups in total. The van der Waals surface area contributed by atoms with Gasteiger partial charge in [-0.25, -0.2) is 4.39 Å². The van der Waals surface area contributed by atoms with Gasteiger partial charge in [0.05, 0.1) is 4.47 Å². The number of ether oxygens (including phenoxy) is 1. The van der Waals surface area contributed by atoms with E-state index in [2.05, 4.69) is 15.9 Å². The molecular weight excluding hydrogens is 308 g/mol. The summed E-state index contributed by atoms with van der Waals surface area (Å²) < 4.78 is 19.2. The van der Waals surface area contributed by atoms with Gasteiger partial charge in [0.15, 0.2) is 0 Å². The van der Waals surface area contributed by atoms with Gasteiger partial charge in [0.25, 0.3) is 0 Å². The maximum atomic E-state index is 13.4. The highest BCUT2D eigenvalue weighted by Crippen LogP contribution is 2.33. The van der Waals surface area contributed by atoms with Crippen molar-refractivity contribution in [3.8, 4) is 0 Å². The maximum Gasteiger partial charge on any atom is 0.137 e. The molecule has 2 nitrogen and oxygen atoms in total. The lowest BCUT2D eigenvalue weighted by molar-refractivity contribution is 0.0583. The second-order valence-corrected chi connectivity index (χ2v) is 4.91. The topological polar surface area (TPSA) is 35.2 Å². The molecule has 1 saturated heterocycles. The molecule has 0 bridgehead atoms. The summed E-state index contributed by atoms with van der Waals surface area (Å²) in [6, 6.07) is 4.90. The second-order valence-electron chi connectivity index (χ2n) is 4.12. The van der Waals surface area contributed by atoms with E-state index >= 15 is 0 Å². The van der Waals surface area contributed by atoms with Crippen molar-refractivity contribution in [3.05, 3.63) is 34.1 Å². The Balaban J connectivity index is 0.00000144. The van der Waals surface area contributed by atoms with Crippen LogP contribution < -0.4 is 5.73 Å². The van der Waals surface area contributed by atoms with Crippen LogP contribution in [0.3, 0.4) is 0 Å². The lowest BCUT2D eigenvalue weighted by Gasteiger charge is -2.28. The minimum Gasteiger partial charge on any atom is -0.381 e. The van der Waals surface area contributed by atoms with Crippen molar-refractivity contribution in [3.63, 3.8) is 0 Å². The van der Waals surface area contributed by atoms with Crippen LogP contribution >= 0.6 is 28.3 Å². The first-order chi connectivity index (χ1) is 7.70. The summed E-state index contributed by atoms with van der Waals surface area (Å²) >= 11 is 3.26. The van der Waals surface area contributed by atoms with Crippen molar-refractivity contribution in [1.82, 2.24) is 0 Å². The van der Waals surface area contributed by atoms with Crippen LogP contribution in [0, 0.1) is 11.7 Å². The Hall–Kier alpha value is -0.160. The smallest absolute Gasteiger partial charge is 0.137 e. The van der Waals surface area contributed by atoms with Crippen LogP contribution in [0.5, 0.6) is 0 Å². The molecule has 17 heavy (non-hydrogen) atoms. The fraction of sp³-hybridized carbons (Fsp3) is 0.500. The normalized spacial score (nSPS) is 18.5. The third-order valence-corrected chi connectivity index (χ3v) is 3.95. The van der Waals surface area contributed by atoms with E-state index in [1.165, 1.54) is 6.07 Å². The summed E-state index contributed by atoms with van der Waals surface area (Å²) in [5.74, 6) is 0.131. The van der Waals surface area contributed by atoms with Gasteiger partial charge in [0, 0.05) is 19.3 Å². The first kappa shape index (κ1) is 14.9. The molecule has 0 amide bonds. The van der Waals surface area contributed by atoms with Crippen molar-refractivity contribution in [2.24, 2.45) is 11.7 Å². The second kappa shape index (κ2) is 6.69. The van der Waals surface area contributed by atoms with Gasteiger partial charge in [-0.1, -0.05) is 12.1 Å². The van der Waals surface area contributed by atoms with Crippen LogP contribution in [0.15, 0.2) is 22.7 Å². The van der Waals surface area contributed by atoms with Crippen LogP contribution in [0.25, 0.3) is 0 Å². The highest BCUT2D eigenvalue weighted by Gasteiger charge is 2.24. The average Bonchev–Trinajstić information content (AvgIpc) is 2.33. The molecule has 0 saturated carbocycles. The lowest BCUT2D eigenvalue weighted by atomic mass is 9.88. The molecule has 5 heteroatoms. The van der Waals surface area contributed by atoms with E-state index in [0.717, 1.165) is 31.6 Å². The molecule has 96 valence electrons. The molecule has 1 aliphatic heterocycles. The fourth-order valence-corrected chi connectivity index (χ4v) is 2.64. The number of hydrogen-bond acceptors (Lipinski definition) is 2. The molecule has 0 aliphatic carbocycles. The molecule has 0 spiro atoms. The third kappa shape index (κ3) is 3.41. The molecule has 1 atom stereocenters. The van der Waals surface area contributed by atoms with E-state index in [-0.39, 0.29) is 24.3 Å². The lowest BCUT2D eigenvalue weighted by Crippen LogP contribution is -2.27. The zero-order valence-corrected chi connectivity index (χ0v) is 11.8. The van der Waals surface area contributed by atoms with E-state index in [4.69, 9.17) is 10.5 Å². The van der Waals surface area contributed by atoms with Crippen molar-refractivity contribution in [1.29, 1.82) is 0 Å². The van der Waals surface area contributed by atoms with Gasteiger partial charge >= 0.3 is 0 Å².